The molecule has 2 atom stereocenters. The molecule has 0 aromatic carbocycles. The molecule has 1 aliphatic rings. The SMILES string of the molecule is CC(OCC1CCCO1)C(=O)N(CC(=O)O)C(C)C. The first-order valence-electron chi connectivity index (χ1n) is 6.67. The summed E-state index contributed by atoms with van der Waals surface area (Å²) in [6, 6.07) is -0.169. The Morgan fingerprint density at radius 3 is 2.58 bits per heavy atom. The molecule has 1 fully saturated rings. The summed E-state index contributed by atoms with van der Waals surface area (Å²) in [7, 11) is 0. The summed E-state index contributed by atoms with van der Waals surface area (Å²) in [6.45, 7) is 6.04. The highest BCUT2D eigenvalue weighted by molar-refractivity contribution is 5.84. The lowest BCUT2D eigenvalue weighted by Crippen LogP contribution is -2.46. The minimum absolute atomic E-state index is 0.0576. The number of ether oxygens (including phenoxy) is 2. The van der Waals surface area contributed by atoms with Crippen LogP contribution in [0.4, 0.5) is 0 Å². The number of nitrogens with zero attached hydrogens (tertiary/aromatic N) is 1. The summed E-state index contributed by atoms with van der Waals surface area (Å²) in [5.41, 5.74) is 0. The minimum atomic E-state index is -1.02. The van der Waals surface area contributed by atoms with Crippen LogP contribution in [0.25, 0.3) is 0 Å². The summed E-state index contributed by atoms with van der Waals surface area (Å²) in [5.74, 6) is -1.32. The summed E-state index contributed by atoms with van der Waals surface area (Å²) in [4.78, 5) is 24.2. The van der Waals surface area contributed by atoms with Gasteiger partial charge in [0.2, 0.25) is 0 Å². The zero-order valence-corrected chi connectivity index (χ0v) is 11.8. The van der Waals surface area contributed by atoms with Gasteiger partial charge in [-0.3, -0.25) is 9.59 Å². The van der Waals surface area contributed by atoms with Gasteiger partial charge in [-0.15, -0.1) is 0 Å². The van der Waals surface area contributed by atoms with Crippen molar-refractivity contribution >= 4 is 11.9 Å². The zero-order chi connectivity index (χ0) is 14.4. The fraction of sp³-hybridized carbons (Fsp3) is 0.846. The Morgan fingerprint density at radius 2 is 2.11 bits per heavy atom. The maximum atomic E-state index is 12.1. The van der Waals surface area contributed by atoms with Crippen molar-refractivity contribution in [2.45, 2.75) is 51.9 Å². The monoisotopic (exact) mass is 273 g/mol. The van der Waals surface area contributed by atoms with Gasteiger partial charge in [0.1, 0.15) is 12.6 Å². The molecule has 1 heterocycles. The Kier molecular flexibility index (Phi) is 6.24. The number of amides is 1. The Balaban J connectivity index is 2.45. The van der Waals surface area contributed by atoms with Crippen LogP contribution in [0.15, 0.2) is 0 Å². The van der Waals surface area contributed by atoms with Crippen LogP contribution >= 0.6 is 0 Å². The molecule has 110 valence electrons. The highest BCUT2D eigenvalue weighted by atomic mass is 16.5. The number of carboxylic acid groups (broad SMARTS) is 1. The van der Waals surface area contributed by atoms with E-state index in [1.165, 1.54) is 4.90 Å². The molecule has 1 amide bonds. The van der Waals surface area contributed by atoms with E-state index in [4.69, 9.17) is 14.6 Å². The van der Waals surface area contributed by atoms with Crippen molar-refractivity contribution in [2.75, 3.05) is 19.8 Å². The van der Waals surface area contributed by atoms with Crippen LogP contribution < -0.4 is 0 Å². The van der Waals surface area contributed by atoms with Crippen molar-refractivity contribution in [3.05, 3.63) is 0 Å². The van der Waals surface area contributed by atoms with Gasteiger partial charge >= 0.3 is 5.97 Å². The van der Waals surface area contributed by atoms with Crippen LogP contribution in [0.3, 0.4) is 0 Å². The standard InChI is InChI=1S/C13H23NO5/c1-9(2)14(7-12(15)16)13(17)10(3)19-8-11-5-4-6-18-11/h9-11H,4-8H2,1-3H3,(H,15,16). The molecule has 19 heavy (non-hydrogen) atoms. The number of carbonyl (C=O) groups excluding carboxylic acids is 1. The third-order valence-corrected chi connectivity index (χ3v) is 3.12. The van der Waals surface area contributed by atoms with Gasteiger partial charge in [-0.2, -0.15) is 0 Å². The lowest BCUT2D eigenvalue weighted by molar-refractivity contribution is -0.153. The van der Waals surface area contributed by atoms with Gasteiger partial charge in [0.25, 0.3) is 5.91 Å². The summed E-state index contributed by atoms with van der Waals surface area (Å²) >= 11 is 0. The fourth-order valence-electron chi connectivity index (χ4n) is 1.99. The lowest BCUT2D eigenvalue weighted by atomic mass is 10.2. The van der Waals surface area contributed by atoms with Crippen LogP contribution in [-0.2, 0) is 19.1 Å². The molecular weight excluding hydrogens is 250 g/mol. The number of rotatable bonds is 7. The quantitative estimate of drug-likeness (QED) is 0.745. The lowest BCUT2D eigenvalue weighted by Gasteiger charge is -2.28. The van der Waals surface area contributed by atoms with Gasteiger partial charge in [-0.1, -0.05) is 0 Å². The van der Waals surface area contributed by atoms with Crippen molar-refractivity contribution in [1.29, 1.82) is 0 Å². The first kappa shape index (κ1) is 15.9. The van der Waals surface area contributed by atoms with E-state index in [1.54, 1.807) is 20.8 Å². The number of hydrogen-bond donors (Lipinski definition) is 1. The van der Waals surface area contributed by atoms with E-state index < -0.39 is 12.1 Å². The van der Waals surface area contributed by atoms with Gasteiger partial charge in [0.05, 0.1) is 12.7 Å². The Bertz CT molecular complexity index is 312. The van der Waals surface area contributed by atoms with Crippen LogP contribution in [0.5, 0.6) is 0 Å². The summed E-state index contributed by atoms with van der Waals surface area (Å²) < 4.78 is 10.9. The van der Waals surface area contributed by atoms with E-state index in [0.29, 0.717) is 6.61 Å². The third kappa shape index (κ3) is 5.16. The molecule has 1 saturated heterocycles. The molecular formula is C13H23NO5. The second kappa shape index (κ2) is 7.45. The van der Waals surface area contributed by atoms with E-state index in [0.717, 1.165) is 19.4 Å². The van der Waals surface area contributed by atoms with Crippen molar-refractivity contribution in [2.24, 2.45) is 0 Å². The molecule has 1 N–H and O–H groups in total. The van der Waals surface area contributed by atoms with Gasteiger partial charge in [0, 0.05) is 12.6 Å². The zero-order valence-electron chi connectivity index (χ0n) is 11.8. The van der Waals surface area contributed by atoms with Crippen LogP contribution in [0, 0.1) is 0 Å². The molecule has 6 heteroatoms. The topological polar surface area (TPSA) is 76.1 Å². The second-order valence-corrected chi connectivity index (χ2v) is 5.06. The molecule has 2 unspecified atom stereocenters. The van der Waals surface area contributed by atoms with E-state index in [-0.39, 0.29) is 24.6 Å². The van der Waals surface area contributed by atoms with Crippen molar-refractivity contribution < 1.29 is 24.2 Å². The highest BCUT2D eigenvalue weighted by Gasteiger charge is 2.26. The smallest absolute Gasteiger partial charge is 0.323 e. The molecule has 1 aliphatic heterocycles. The predicted octanol–water partition coefficient (Wildman–Crippen LogP) is 0.892. The van der Waals surface area contributed by atoms with Gasteiger partial charge in [0.15, 0.2) is 0 Å². The van der Waals surface area contributed by atoms with E-state index in [2.05, 4.69) is 0 Å². The average Bonchev–Trinajstić information content (AvgIpc) is 2.84. The van der Waals surface area contributed by atoms with Crippen molar-refractivity contribution in [3.8, 4) is 0 Å². The van der Waals surface area contributed by atoms with Crippen LogP contribution in [0.2, 0.25) is 0 Å². The molecule has 0 aromatic heterocycles. The Hall–Kier alpha value is -1.14. The van der Waals surface area contributed by atoms with E-state index in [1.807, 2.05) is 0 Å². The molecule has 0 saturated carbocycles. The maximum absolute atomic E-state index is 12.1. The average molecular weight is 273 g/mol. The van der Waals surface area contributed by atoms with Crippen LogP contribution in [0.1, 0.15) is 33.6 Å². The van der Waals surface area contributed by atoms with Gasteiger partial charge < -0.3 is 19.5 Å². The molecule has 0 radical (unpaired) electrons. The first-order valence-corrected chi connectivity index (χ1v) is 6.67. The Morgan fingerprint density at radius 1 is 1.42 bits per heavy atom. The molecule has 0 aromatic rings. The summed E-state index contributed by atoms with van der Waals surface area (Å²) in [6.07, 6.45) is 1.38. The predicted molar refractivity (Wildman–Crippen MR) is 68.9 cm³/mol. The van der Waals surface area contributed by atoms with E-state index in [9.17, 15) is 9.59 Å². The number of carbonyl (C=O) groups is 2. The normalized spacial score (nSPS) is 20.5. The van der Waals surface area contributed by atoms with Crippen molar-refractivity contribution in [1.82, 2.24) is 4.90 Å². The minimum Gasteiger partial charge on any atom is -0.480 e. The Labute approximate surface area is 113 Å². The number of hydrogen-bond acceptors (Lipinski definition) is 4. The molecule has 0 bridgehead atoms. The number of aliphatic carboxylic acids is 1. The van der Waals surface area contributed by atoms with Gasteiger partial charge in [-0.25, -0.2) is 0 Å². The molecule has 0 spiro atoms. The van der Waals surface area contributed by atoms with E-state index >= 15 is 0 Å². The molecule has 6 nitrogen and oxygen atoms in total. The molecule has 1 rings (SSSR count). The van der Waals surface area contributed by atoms with Crippen molar-refractivity contribution in [3.63, 3.8) is 0 Å². The van der Waals surface area contributed by atoms with Crippen LogP contribution in [-0.4, -0.2) is 59.9 Å². The highest BCUT2D eigenvalue weighted by Crippen LogP contribution is 2.13. The summed E-state index contributed by atoms with van der Waals surface area (Å²) in [5, 5.41) is 8.81. The first-order chi connectivity index (χ1) is 8.91. The molecule has 0 aliphatic carbocycles. The third-order valence-electron chi connectivity index (χ3n) is 3.12. The fourth-order valence-corrected chi connectivity index (χ4v) is 1.99. The maximum Gasteiger partial charge on any atom is 0.323 e. The van der Waals surface area contributed by atoms with Gasteiger partial charge in [-0.05, 0) is 33.6 Å². The second-order valence-electron chi connectivity index (χ2n) is 5.06. The largest absolute Gasteiger partial charge is 0.480 e. The number of carboxylic acids is 1.